The molecule has 9 heteroatoms. The molecule has 8 nitrogen and oxygen atoms in total. The number of rotatable bonds is 7. The Labute approximate surface area is 218 Å². The Bertz CT molecular complexity index is 1240. The Balaban J connectivity index is 1.16. The van der Waals surface area contributed by atoms with Crippen molar-refractivity contribution in [2.75, 3.05) is 54.4 Å². The highest BCUT2D eigenvalue weighted by Gasteiger charge is 2.29. The number of piperazine rings is 1. The molecule has 4 heterocycles. The number of hydrogen-bond donors (Lipinski definition) is 1. The van der Waals surface area contributed by atoms with Gasteiger partial charge in [-0.05, 0) is 68.1 Å². The second-order valence-electron chi connectivity index (χ2n) is 10.4. The van der Waals surface area contributed by atoms with Crippen molar-refractivity contribution < 1.29 is 9.13 Å². The molecule has 3 fully saturated rings. The lowest BCUT2D eigenvalue weighted by Gasteiger charge is -2.43. The van der Waals surface area contributed by atoms with Gasteiger partial charge in [0.1, 0.15) is 18.4 Å². The van der Waals surface area contributed by atoms with Gasteiger partial charge in [0.25, 0.3) is 0 Å². The van der Waals surface area contributed by atoms with Gasteiger partial charge in [-0.15, -0.1) is 5.10 Å². The first-order valence-corrected chi connectivity index (χ1v) is 13.5. The first-order chi connectivity index (χ1) is 18.1. The van der Waals surface area contributed by atoms with E-state index in [1.165, 1.54) is 17.3 Å². The molecule has 2 aromatic carbocycles. The Kier molecular flexibility index (Phi) is 6.73. The van der Waals surface area contributed by atoms with Crippen LogP contribution in [0.2, 0.25) is 0 Å². The van der Waals surface area contributed by atoms with E-state index < -0.39 is 0 Å². The van der Waals surface area contributed by atoms with E-state index in [0.29, 0.717) is 23.9 Å². The van der Waals surface area contributed by atoms with Gasteiger partial charge in [-0.2, -0.15) is 4.98 Å². The summed E-state index contributed by atoms with van der Waals surface area (Å²) < 4.78 is 21.9. The molecule has 0 amide bonds. The van der Waals surface area contributed by atoms with Gasteiger partial charge in [0.15, 0.2) is 0 Å². The van der Waals surface area contributed by atoms with Crippen molar-refractivity contribution in [2.45, 2.75) is 51.8 Å². The number of benzene rings is 2. The molecule has 3 aromatic rings. The maximum atomic E-state index is 14.6. The van der Waals surface area contributed by atoms with Crippen LogP contribution in [0.5, 0.6) is 0 Å². The smallest absolute Gasteiger partial charge is 0.246 e. The van der Waals surface area contributed by atoms with Crippen molar-refractivity contribution >= 4 is 23.0 Å². The Hall–Kier alpha value is -3.17. The van der Waals surface area contributed by atoms with Gasteiger partial charge >= 0.3 is 0 Å². The first kappa shape index (κ1) is 24.2. The molecule has 37 heavy (non-hydrogen) atoms. The minimum atomic E-state index is -0.258. The van der Waals surface area contributed by atoms with E-state index in [-0.39, 0.29) is 5.82 Å². The number of aryl methyl sites for hydroxylation is 1. The lowest BCUT2D eigenvalue weighted by Crippen LogP contribution is -2.54. The Morgan fingerprint density at radius 3 is 2.54 bits per heavy atom. The van der Waals surface area contributed by atoms with Gasteiger partial charge in [0.2, 0.25) is 5.95 Å². The first-order valence-electron chi connectivity index (χ1n) is 13.5. The molecule has 3 saturated heterocycles. The maximum absolute atomic E-state index is 14.6. The molecule has 2 atom stereocenters. The Morgan fingerprint density at radius 2 is 1.78 bits per heavy atom. The average Bonchev–Trinajstić information content (AvgIpc) is 3.52. The quantitative estimate of drug-likeness (QED) is 0.499. The van der Waals surface area contributed by atoms with Gasteiger partial charge < -0.3 is 19.9 Å². The fourth-order valence-electron chi connectivity index (χ4n) is 5.83. The summed E-state index contributed by atoms with van der Waals surface area (Å²) in [6.07, 6.45) is 6.46. The van der Waals surface area contributed by atoms with Gasteiger partial charge in [0.05, 0.1) is 12.3 Å². The standard InChI is InChI=1S/C28H36FN7O/c1-3-23-5-4-7-35(23)25-15-21(29)16-26(18-25)36-19-30-28(32-36)31-22-13-20(2)14-24(17-22)33-8-10-34(11-9-33)27-6-12-37-27/h13-19,23,27H,3-12H2,1-2H3,(H,31,32). The molecule has 196 valence electrons. The minimum absolute atomic E-state index is 0.258. The minimum Gasteiger partial charge on any atom is -0.369 e. The van der Waals surface area contributed by atoms with Gasteiger partial charge in [-0.25, -0.2) is 9.07 Å². The molecule has 1 aromatic heterocycles. The number of nitrogens with zero attached hydrogens (tertiary/aromatic N) is 6. The van der Waals surface area contributed by atoms with E-state index >= 15 is 0 Å². The van der Waals surface area contributed by atoms with Crippen molar-refractivity contribution in [1.82, 2.24) is 19.7 Å². The number of hydrogen-bond acceptors (Lipinski definition) is 7. The fourth-order valence-corrected chi connectivity index (χ4v) is 5.83. The van der Waals surface area contributed by atoms with E-state index in [2.05, 4.69) is 62.1 Å². The molecular formula is C28H36FN7O. The van der Waals surface area contributed by atoms with E-state index in [1.54, 1.807) is 17.1 Å². The Morgan fingerprint density at radius 1 is 0.973 bits per heavy atom. The van der Waals surface area contributed by atoms with Crippen LogP contribution >= 0.6 is 0 Å². The number of aromatic nitrogens is 3. The largest absolute Gasteiger partial charge is 0.369 e. The lowest BCUT2D eigenvalue weighted by molar-refractivity contribution is -0.145. The highest BCUT2D eigenvalue weighted by Crippen LogP contribution is 2.30. The van der Waals surface area contributed by atoms with Crippen molar-refractivity contribution in [3.05, 3.63) is 54.1 Å². The van der Waals surface area contributed by atoms with Gasteiger partial charge in [0, 0.05) is 62.2 Å². The highest BCUT2D eigenvalue weighted by atomic mass is 19.1. The fraction of sp³-hybridized carbons (Fsp3) is 0.500. The van der Waals surface area contributed by atoms with Crippen LogP contribution in [-0.4, -0.2) is 71.3 Å². The predicted molar refractivity (Wildman–Crippen MR) is 145 cm³/mol. The van der Waals surface area contributed by atoms with E-state index in [0.717, 1.165) is 76.4 Å². The molecule has 0 spiro atoms. The molecule has 2 unspecified atom stereocenters. The number of nitrogens with one attached hydrogen (secondary N) is 1. The van der Waals surface area contributed by atoms with E-state index in [1.807, 2.05) is 6.07 Å². The summed E-state index contributed by atoms with van der Waals surface area (Å²) in [5.41, 5.74) is 4.91. The molecule has 3 aliphatic heterocycles. The third-order valence-electron chi connectivity index (χ3n) is 7.88. The summed E-state index contributed by atoms with van der Waals surface area (Å²) in [5, 5.41) is 7.97. The second kappa shape index (κ2) is 10.3. The third-order valence-corrected chi connectivity index (χ3v) is 7.88. The summed E-state index contributed by atoms with van der Waals surface area (Å²) in [4.78, 5) is 11.6. The second-order valence-corrected chi connectivity index (χ2v) is 10.4. The number of halogens is 1. The SMILES string of the molecule is CCC1CCCN1c1cc(F)cc(-n2cnc(Nc3cc(C)cc(N4CCN(C5CCO5)CC4)c3)n2)c1. The van der Waals surface area contributed by atoms with Crippen molar-refractivity contribution in [2.24, 2.45) is 0 Å². The monoisotopic (exact) mass is 505 g/mol. The zero-order chi connectivity index (χ0) is 25.4. The summed E-state index contributed by atoms with van der Waals surface area (Å²) >= 11 is 0. The van der Waals surface area contributed by atoms with Gasteiger partial charge in [-0.3, -0.25) is 4.90 Å². The molecule has 0 bridgehead atoms. The lowest BCUT2D eigenvalue weighted by atomic mass is 10.1. The topological polar surface area (TPSA) is 61.7 Å². The van der Waals surface area contributed by atoms with Gasteiger partial charge in [-0.1, -0.05) is 6.92 Å². The average molecular weight is 506 g/mol. The van der Waals surface area contributed by atoms with Crippen molar-refractivity contribution in [3.63, 3.8) is 0 Å². The summed E-state index contributed by atoms with van der Waals surface area (Å²) in [6.45, 7) is 10.1. The van der Waals surface area contributed by atoms with E-state index in [4.69, 9.17) is 4.74 Å². The predicted octanol–water partition coefficient (Wildman–Crippen LogP) is 4.71. The van der Waals surface area contributed by atoms with Crippen LogP contribution in [0.4, 0.5) is 27.4 Å². The van der Waals surface area contributed by atoms with Crippen LogP contribution in [-0.2, 0) is 4.74 Å². The van der Waals surface area contributed by atoms with E-state index in [9.17, 15) is 4.39 Å². The molecule has 3 aliphatic rings. The molecular weight excluding hydrogens is 469 g/mol. The maximum Gasteiger partial charge on any atom is 0.246 e. The summed E-state index contributed by atoms with van der Waals surface area (Å²) in [6, 6.07) is 12.1. The summed E-state index contributed by atoms with van der Waals surface area (Å²) in [5.74, 6) is 0.230. The molecule has 0 saturated carbocycles. The van der Waals surface area contributed by atoms with Crippen LogP contribution in [0, 0.1) is 12.7 Å². The van der Waals surface area contributed by atoms with Crippen molar-refractivity contribution in [1.29, 1.82) is 0 Å². The molecule has 0 radical (unpaired) electrons. The van der Waals surface area contributed by atoms with Crippen molar-refractivity contribution in [3.8, 4) is 5.69 Å². The van der Waals surface area contributed by atoms with Crippen LogP contribution in [0.15, 0.2) is 42.7 Å². The number of ether oxygens (including phenoxy) is 1. The third kappa shape index (κ3) is 5.15. The van der Waals surface area contributed by atoms with Crippen LogP contribution < -0.4 is 15.1 Å². The number of anilines is 4. The zero-order valence-corrected chi connectivity index (χ0v) is 21.7. The molecule has 0 aliphatic carbocycles. The van der Waals surface area contributed by atoms with Crippen LogP contribution in [0.3, 0.4) is 0 Å². The molecule has 1 N–H and O–H groups in total. The summed E-state index contributed by atoms with van der Waals surface area (Å²) in [7, 11) is 0. The van der Waals surface area contributed by atoms with Crippen LogP contribution in [0.25, 0.3) is 5.69 Å². The zero-order valence-electron chi connectivity index (χ0n) is 21.7. The normalized spacial score (nSPS) is 22.4. The molecule has 6 rings (SSSR count). The van der Waals surface area contributed by atoms with Crippen LogP contribution in [0.1, 0.15) is 38.2 Å². The highest BCUT2D eigenvalue weighted by molar-refractivity contribution is 5.64.